The van der Waals surface area contributed by atoms with Gasteiger partial charge in [0, 0.05) is 10.6 Å². The third-order valence-electron chi connectivity index (χ3n) is 3.08. The van der Waals surface area contributed by atoms with E-state index in [0.29, 0.717) is 23.8 Å². The largest absolute Gasteiger partial charge is 0.462 e. The number of carbonyl (C=O) groups excluding carboxylic acids is 1. The highest BCUT2D eigenvalue weighted by Crippen LogP contribution is 2.25. The monoisotopic (exact) mass is 342 g/mol. The van der Waals surface area contributed by atoms with Crippen molar-refractivity contribution in [2.75, 3.05) is 12.4 Å². The molecule has 0 heterocycles. The van der Waals surface area contributed by atoms with Crippen LogP contribution in [0.5, 0.6) is 0 Å². The fraction of sp³-hybridized carbons (Fsp3) is 0.316. The number of nitrogens with zero attached hydrogens (tertiary/aromatic N) is 2. The summed E-state index contributed by atoms with van der Waals surface area (Å²) in [7, 11) is 0. The van der Waals surface area contributed by atoms with Crippen molar-refractivity contribution < 1.29 is 9.53 Å². The van der Waals surface area contributed by atoms with Crippen LogP contribution < -0.4 is 0 Å². The van der Waals surface area contributed by atoms with E-state index in [0.717, 1.165) is 11.4 Å². The van der Waals surface area contributed by atoms with Crippen molar-refractivity contribution in [2.45, 2.75) is 25.7 Å². The summed E-state index contributed by atoms with van der Waals surface area (Å²) in [6.45, 7) is 6.57. The molecule has 0 N–H and O–H groups in total. The summed E-state index contributed by atoms with van der Waals surface area (Å²) in [4.78, 5) is 12.8. The maximum Gasteiger partial charge on any atom is 0.338 e. The van der Waals surface area contributed by atoms with Crippen molar-refractivity contribution in [1.29, 1.82) is 0 Å². The van der Waals surface area contributed by atoms with E-state index in [1.54, 1.807) is 31.2 Å². The molecule has 0 unspecified atom stereocenters. The third-order valence-corrected chi connectivity index (χ3v) is 4.52. The zero-order chi connectivity index (χ0) is 17.4. The molecule has 0 spiro atoms. The van der Waals surface area contributed by atoms with Crippen LogP contribution in [-0.2, 0) is 4.74 Å². The zero-order valence-corrected chi connectivity index (χ0v) is 15.0. The van der Waals surface area contributed by atoms with Crippen molar-refractivity contribution >= 4 is 29.1 Å². The molecular formula is C19H22N2O2S. The van der Waals surface area contributed by atoms with E-state index in [9.17, 15) is 4.79 Å². The first kappa shape index (κ1) is 18.2. The van der Waals surface area contributed by atoms with Gasteiger partial charge in [0.2, 0.25) is 0 Å². The van der Waals surface area contributed by atoms with Gasteiger partial charge in [-0.3, -0.25) is 0 Å². The van der Waals surface area contributed by atoms with Crippen LogP contribution in [0, 0.1) is 5.92 Å². The predicted molar refractivity (Wildman–Crippen MR) is 98.6 cm³/mol. The van der Waals surface area contributed by atoms with E-state index in [4.69, 9.17) is 4.74 Å². The SMILES string of the molecule is CCOC(=O)c1ccc(/N=N/c2ccc(SCC(C)C)cc2)cc1. The summed E-state index contributed by atoms with van der Waals surface area (Å²) in [5.41, 5.74) is 2.02. The number of esters is 1. The highest BCUT2D eigenvalue weighted by Gasteiger charge is 2.05. The van der Waals surface area contributed by atoms with E-state index < -0.39 is 0 Å². The Morgan fingerprint density at radius 3 is 2.04 bits per heavy atom. The maximum atomic E-state index is 11.6. The molecule has 24 heavy (non-hydrogen) atoms. The minimum Gasteiger partial charge on any atom is -0.462 e. The second kappa shape index (κ2) is 9.23. The molecule has 0 aromatic heterocycles. The summed E-state index contributed by atoms with van der Waals surface area (Å²) < 4.78 is 4.95. The number of ether oxygens (including phenoxy) is 1. The Kier molecular flexibility index (Phi) is 7.00. The van der Waals surface area contributed by atoms with E-state index in [-0.39, 0.29) is 5.97 Å². The van der Waals surface area contributed by atoms with Crippen molar-refractivity contribution in [1.82, 2.24) is 0 Å². The summed E-state index contributed by atoms with van der Waals surface area (Å²) in [5, 5.41) is 8.42. The topological polar surface area (TPSA) is 51.0 Å². The molecule has 0 bridgehead atoms. The van der Waals surface area contributed by atoms with Gasteiger partial charge in [-0.05, 0) is 61.4 Å². The molecule has 0 atom stereocenters. The van der Waals surface area contributed by atoms with Gasteiger partial charge in [-0.2, -0.15) is 10.2 Å². The molecule has 0 fully saturated rings. The average molecular weight is 342 g/mol. The molecule has 4 nitrogen and oxygen atoms in total. The highest BCUT2D eigenvalue weighted by molar-refractivity contribution is 7.99. The van der Waals surface area contributed by atoms with Gasteiger partial charge in [0.1, 0.15) is 0 Å². The average Bonchev–Trinajstić information content (AvgIpc) is 2.59. The lowest BCUT2D eigenvalue weighted by Crippen LogP contribution is -2.03. The molecule has 0 aliphatic carbocycles. The molecule has 0 saturated heterocycles. The number of carbonyl (C=O) groups is 1. The first-order valence-corrected chi connectivity index (χ1v) is 8.99. The zero-order valence-electron chi connectivity index (χ0n) is 14.2. The van der Waals surface area contributed by atoms with Crippen LogP contribution in [0.2, 0.25) is 0 Å². The fourth-order valence-electron chi connectivity index (χ4n) is 1.87. The van der Waals surface area contributed by atoms with E-state index in [1.807, 2.05) is 23.9 Å². The van der Waals surface area contributed by atoms with Gasteiger partial charge in [-0.1, -0.05) is 13.8 Å². The molecule has 0 amide bonds. The molecule has 2 aromatic rings. The van der Waals surface area contributed by atoms with Crippen LogP contribution in [0.3, 0.4) is 0 Å². The van der Waals surface area contributed by atoms with Crippen molar-refractivity contribution in [2.24, 2.45) is 16.1 Å². The van der Waals surface area contributed by atoms with E-state index in [2.05, 4.69) is 36.2 Å². The predicted octanol–water partition coefficient (Wildman–Crippen LogP) is 6.03. The van der Waals surface area contributed by atoms with Crippen LogP contribution in [0.4, 0.5) is 11.4 Å². The summed E-state index contributed by atoms with van der Waals surface area (Å²) in [6.07, 6.45) is 0. The quantitative estimate of drug-likeness (QED) is 0.351. The fourth-order valence-corrected chi connectivity index (χ4v) is 2.72. The number of rotatable bonds is 7. The third kappa shape index (κ3) is 5.81. The van der Waals surface area contributed by atoms with Crippen molar-refractivity contribution in [3.63, 3.8) is 0 Å². The normalized spacial score (nSPS) is 11.2. The number of benzene rings is 2. The van der Waals surface area contributed by atoms with Gasteiger partial charge in [0.05, 0.1) is 23.5 Å². The maximum absolute atomic E-state index is 11.6. The Morgan fingerprint density at radius 2 is 1.54 bits per heavy atom. The number of thioether (sulfide) groups is 1. The van der Waals surface area contributed by atoms with Crippen LogP contribution >= 0.6 is 11.8 Å². The van der Waals surface area contributed by atoms with Gasteiger partial charge in [-0.25, -0.2) is 4.79 Å². The Labute approximate surface area is 147 Å². The lowest BCUT2D eigenvalue weighted by atomic mass is 10.2. The Balaban J connectivity index is 1.96. The standard InChI is InChI=1S/C19H22N2O2S/c1-4-23-19(22)15-5-7-16(8-6-15)20-21-17-9-11-18(12-10-17)24-13-14(2)3/h5-12,14H,4,13H2,1-3H3/b21-20+. The number of hydrogen-bond donors (Lipinski definition) is 0. The minimum absolute atomic E-state index is 0.324. The first-order valence-electron chi connectivity index (χ1n) is 8.00. The molecule has 5 heteroatoms. The lowest BCUT2D eigenvalue weighted by Gasteiger charge is -2.04. The summed E-state index contributed by atoms with van der Waals surface area (Å²) in [6, 6.07) is 14.9. The number of hydrogen-bond acceptors (Lipinski definition) is 5. The molecule has 0 aliphatic rings. The molecule has 2 aromatic carbocycles. The van der Waals surface area contributed by atoms with Crippen molar-refractivity contribution in [3.05, 3.63) is 54.1 Å². The lowest BCUT2D eigenvalue weighted by molar-refractivity contribution is 0.0526. The first-order chi connectivity index (χ1) is 11.6. The molecule has 2 rings (SSSR count). The Morgan fingerprint density at radius 1 is 1.00 bits per heavy atom. The van der Waals surface area contributed by atoms with Crippen LogP contribution in [0.15, 0.2) is 63.7 Å². The van der Waals surface area contributed by atoms with E-state index in [1.165, 1.54) is 4.90 Å². The second-order valence-electron chi connectivity index (χ2n) is 5.67. The van der Waals surface area contributed by atoms with Gasteiger partial charge < -0.3 is 4.74 Å². The van der Waals surface area contributed by atoms with Crippen molar-refractivity contribution in [3.8, 4) is 0 Å². The van der Waals surface area contributed by atoms with Crippen LogP contribution in [0.25, 0.3) is 0 Å². The Hall–Kier alpha value is -2.14. The number of azo groups is 1. The van der Waals surface area contributed by atoms with Gasteiger partial charge >= 0.3 is 5.97 Å². The highest BCUT2D eigenvalue weighted by atomic mass is 32.2. The minimum atomic E-state index is -0.324. The summed E-state index contributed by atoms with van der Waals surface area (Å²) in [5.74, 6) is 1.45. The second-order valence-corrected chi connectivity index (χ2v) is 6.76. The van der Waals surface area contributed by atoms with E-state index >= 15 is 0 Å². The molecular weight excluding hydrogens is 320 g/mol. The van der Waals surface area contributed by atoms with Gasteiger partial charge in [-0.15, -0.1) is 11.8 Å². The van der Waals surface area contributed by atoms with Crippen LogP contribution in [0.1, 0.15) is 31.1 Å². The summed E-state index contributed by atoms with van der Waals surface area (Å²) >= 11 is 1.84. The Bertz CT molecular complexity index is 680. The molecule has 0 aliphatic heterocycles. The van der Waals surface area contributed by atoms with Gasteiger partial charge in [0.25, 0.3) is 0 Å². The van der Waals surface area contributed by atoms with Gasteiger partial charge in [0.15, 0.2) is 0 Å². The molecule has 0 radical (unpaired) electrons. The molecule has 0 saturated carbocycles. The smallest absolute Gasteiger partial charge is 0.338 e. The van der Waals surface area contributed by atoms with Crippen LogP contribution in [-0.4, -0.2) is 18.3 Å². The molecule has 126 valence electrons.